The molecule has 1 aromatic heterocycles. The van der Waals surface area contributed by atoms with Crippen molar-refractivity contribution in [3.8, 4) is 0 Å². The second kappa shape index (κ2) is 5.44. The molecule has 1 atom stereocenters. The maximum Gasteiger partial charge on any atom is 0.248 e. The first-order valence-electron chi connectivity index (χ1n) is 7.02. The molecule has 1 aromatic carbocycles. The fourth-order valence-electron chi connectivity index (χ4n) is 2.81. The third-order valence-electron chi connectivity index (χ3n) is 3.82. The highest BCUT2D eigenvalue weighted by molar-refractivity contribution is 5.93. The zero-order valence-corrected chi connectivity index (χ0v) is 11.6. The number of pyridine rings is 1. The molecule has 1 aliphatic rings. The van der Waals surface area contributed by atoms with Gasteiger partial charge in [0.15, 0.2) is 0 Å². The van der Waals surface area contributed by atoms with Gasteiger partial charge in [-0.1, -0.05) is 6.07 Å². The number of benzene rings is 1. The van der Waals surface area contributed by atoms with Crippen molar-refractivity contribution in [1.82, 2.24) is 4.98 Å². The standard InChI is InChI=1S/C16H17N3O2/c17-16(21)10-3-1-4-11(9-10)18-13-5-2-6-14-12(13)7-8-15(20)19-14/h1,3-4,7-9,13,18H,2,5-6H2,(H2,17,21)(H,19,20). The van der Waals surface area contributed by atoms with Crippen LogP contribution in [0.2, 0.25) is 0 Å². The maximum atomic E-state index is 11.4. The van der Waals surface area contributed by atoms with Gasteiger partial charge < -0.3 is 16.0 Å². The number of anilines is 1. The van der Waals surface area contributed by atoms with E-state index in [0.717, 1.165) is 36.2 Å². The number of hydrogen-bond acceptors (Lipinski definition) is 3. The smallest absolute Gasteiger partial charge is 0.248 e. The molecule has 0 saturated carbocycles. The summed E-state index contributed by atoms with van der Waals surface area (Å²) in [6.07, 6.45) is 2.89. The van der Waals surface area contributed by atoms with E-state index in [9.17, 15) is 9.59 Å². The van der Waals surface area contributed by atoms with Crippen LogP contribution in [-0.4, -0.2) is 10.9 Å². The Balaban J connectivity index is 1.88. The molecule has 0 bridgehead atoms. The number of primary amides is 1. The second-order valence-corrected chi connectivity index (χ2v) is 5.29. The number of aryl methyl sites for hydroxylation is 1. The van der Waals surface area contributed by atoms with Crippen molar-refractivity contribution in [1.29, 1.82) is 0 Å². The number of aromatic nitrogens is 1. The Labute approximate surface area is 122 Å². The van der Waals surface area contributed by atoms with Crippen LogP contribution in [0, 0.1) is 0 Å². The van der Waals surface area contributed by atoms with Gasteiger partial charge in [-0.3, -0.25) is 9.59 Å². The average molecular weight is 283 g/mol. The number of aromatic amines is 1. The monoisotopic (exact) mass is 283 g/mol. The average Bonchev–Trinajstić information content (AvgIpc) is 2.47. The summed E-state index contributed by atoms with van der Waals surface area (Å²) in [7, 11) is 0. The fraction of sp³-hybridized carbons (Fsp3) is 0.250. The highest BCUT2D eigenvalue weighted by Crippen LogP contribution is 2.30. The second-order valence-electron chi connectivity index (χ2n) is 5.29. The molecule has 1 aliphatic carbocycles. The van der Waals surface area contributed by atoms with Gasteiger partial charge in [0.05, 0.1) is 6.04 Å². The van der Waals surface area contributed by atoms with Crippen LogP contribution in [0.3, 0.4) is 0 Å². The number of amides is 1. The molecule has 1 unspecified atom stereocenters. The number of rotatable bonds is 3. The molecule has 0 spiro atoms. The number of nitrogens with two attached hydrogens (primary N) is 1. The molecule has 108 valence electrons. The van der Waals surface area contributed by atoms with Gasteiger partial charge in [0.2, 0.25) is 11.5 Å². The van der Waals surface area contributed by atoms with Crippen LogP contribution in [0.4, 0.5) is 5.69 Å². The van der Waals surface area contributed by atoms with Crippen molar-refractivity contribution >= 4 is 11.6 Å². The van der Waals surface area contributed by atoms with Crippen LogP contribution < -0.4 is 16.6 Å². The molecule has 4 N–H and O–H groups in total. The molecule has 1 amide bonds. The van der Waals surface area contributed by atoms with Crippen LogP contribution in [0.5, 0.6) is 0 Å². The van der Waals surface area contributed by atoms with E-state index in [1.54, 1.807) is 24.3 Å². The van der Waals surface area contributed by atoms with Crippen LogP contribution in [0.15, 0.2) is 41.2 Å². The lowest BCUT2D eigenvalue weighted by Crippen LogP contribution is -2.21. The largest absolute Gasteiger partial charge is 0.378 e. The Hall–Kier alpha value is -2.56. The molecule has 0 saturated heterocycles. The van der Waals surface area contributed by atoms with Gasteiger partial charge >= 0.3 is 0 Å². The Morgan fingerprint density at radius 1 is 1.29 bits per heavy atom. The summed E-state index contributed by atoms with van der Waals surface area (Å²) in [5.74, 6) is -0.438. The molecule has 5 nitrogen and oxygen atoms in total. The summed E-state index contributed by atoms with van der Waals surface area (Å²) in [6, 6.07) is 10.7. The molecule has 1 heterocycles. The zero-order valence-electron chi connectivity index (χ0n) is 11.6. The first kappa shape index (κ1) is 13.4. The summed E-state index contributed by atoms with van der Waals surface area (Å²) >= 11 is 0. The molecule has 2 aromatic rings. The van der Waals surface area contributed by atoms with E-state index in [-0.39, 0.29) is 11.6 Å². The Bertz CT molecular complexity index is 736. The molecule has 0 fully saturated rings. The number of H-pyrrole nitrogens is 1. The van der Waals surface area contributed by atoms with Crippen molar-refractivity contribution in [2.45, 2.75) is 25.3 Å². The third-order valence-corrected chi connectivity index (χ3v) is 3.82. The minimum atomic E-state index is -0.438. The van der Waals surface area contributed by atoms with Crippen molar-refractivity contribution in [3.63, 3.8) is 0 Å². The molecular weight excluding hydrogens is 266 g/mol. The van der Waals surface area contributed by atoms with Crippen LogP contribution in [0.1, 0.15) is 40.5 Å². The predicted octanol–water partition coefficient (Wildman–Crippen LogP) is 1.96. The minimum Gasteiger partial charge on any atom is -0.378 e. The molecule has 0 radical (unpaired) electrons. The number of hydrogen-bond donors (Lipinski definition) is 3. The Morgan fingerprint density at radius 2 is 2.14 bits per heavy atom. The first-order valence-corrected chi connectivity index (χ1v) is 7.02. The van der Waals surface area contributed by atoms with Gasteiger partial charge in [-0.25, -0.2) is 0 Å². The van der Waals surface area contributed by atoms with Crippen molar-refractivity contribution in [3.05, 3.63) is 63.6 Å². The van der Waals surface area contributed by atoms with E-state index >= 15 is 0 Å². The highest BCUT2D eigenvalue weighted by atomic mass is 16.1. The molecule has 0 aliphatic heterocycles. The summed E-state index contributed by atoms with van der Waals surface area (Å²) in [5.41, 5.74) is 8.69. The normalized spacial score (nSPS) is 17.0. The summed E-state index contributed by atoms with van der Waals surface area (Å²) in [6.45, 7) is 0. The van der Waals surface area contributed by atoms with Gasteiger partial charge in [-0.05, 0) is 49.1 Å². The number of nitrogens with one attached hydrogen (secondary N) is 2. The van der Waals surface area contributed by atoms with E-state index in [2.05, 4.69) is 10.3 Å². The van der Waals surface area contributed by atoms with Crippen LogP contribution >= 0.6 is 0 Å². The van der Waals surface area contributed by atoms with Crippen molar-refractivity contribution in [2.24, 2.45) is 5.73 Å². The minimum absolute atomic E-state index is 0.0647. The van der Waals surface area contributed by atoms with E-state index in [0.29, 0.717) is 5.56 Å². The van der Waals surface area contributed by atoms with E-state index in [1.165, 1.54) is 0 Å². The predicted molar refractivity (Wildman–Crippen MR) is 81.3 cm³/mol. The van der Waals surface area contributed by atoms with Gasteiger partial charge in [-0.15, -0.1) is 0 Å². The number of carbonyl (C=O) groups excluding carboxylic acids is 1. The lowest BCUT2D eigenvalue weighted by atomic mass is 9.91. The van der Waals surface area contributed by atoms with E-state index in [1.807, 2.05) is 12.1 Å². The summed E-state index contributed by atoms with van der Waals surface area (Å²) in [4.78, 5) is 25.5. The SMILES string of the molecule is NC(=O)c1cccc(NC2CCCc3[nH]c(=O)ccc32)c1. The van der Waals surface area contributed by atoms with E-state index in [4.69, 9.17) is 5.73 Å². The van der Waals surface area contributed by atoms with Gasteiger partial charge in [-0.2, -0.15) is 0 Å². The maximum absolute atomic E-state index is 11.4. The summed E-state index contributed by atoms with van der Waals surface area (Å²) in [5, 5.41) is 3.42. The lowest BCUT2D eigenvalue weighted by Gasteiger charge is -2.26. The van der Waals surface area contributed by atoms with Crippen LogP contribution in [-0.2, 0) is 6.42 Å². The van der Waals surface area contributed by atoms with Gasteiger partial charge in [0, 0.05) is 23.0 Å². The van der Waals surface area contributed by atoms with Gasteiger partial charge in [0.25, 0.3) is 0 Å². The molecule has 5 heteroatoms. The molecule has 3 rings (SSSR count). The van der Waals surface area contributed by atoms with Gasteiger partial charge in [0.1, 0.15) is 0 Å². The zero-order chi connectivity index (χ0) is 14.8. The molecule has 21 heavy (non-hydrogen) atoms. The first-order chi connectivity index (χ1) is 10.1. The van der Waals surface area contributed by atoms with Crippen molar-refractivity contribution in [2.75, 3.05) is 5.32 Å². The third kappa shape index (κ3) is 2.81. The lowest BCUT2D eigenvalue weighted by molar-refractivity contribution is 0.100. The fourth-order valence-corrected chi connectivity index (χ4v) is 2.81. The Morgan fingerprint density at radius 3 is 2.95 bits per heavy atom. The summed E-state index contributed by atoms with van der Waals surface area (Å²) < 4.78 is 0. The Kier molecular flexibility index (Phi) is 3.48. The number of fused-ring (bicyclic) bond motifs is 1. The van der Waals surface area contributed by atoms with Crippen molar-refractivity contribution < 1.29 is 4.79 Å². The topological polar surface area (TPSA) is 88.0 Å². The number of carbonyl (C=O) groups is 1. The van der Waals surface area contributed by atoms with E-state index < -0.39 is 5.91 Å². The van der Waals surface area contributed by atoms with Crippen LogP contribution in [0.25, 0.3) is 0 Å². The molecular formula is C16H17N3O2. The highest BCUT2D eigenvalue weighted by Gasteiger charge is 2.20. The quantitative estimate of drug-likeness (QED) is 0.804.